The van der Waals surface area contributed by atoms with Crippen LogP contribution >= 0.6 is 0 Å². The number of ether oxygens (including phenoxy) is 1. The van der Waals surface area contributed by atoms with Crippen molar-refractivity contribution >= 4 is 18.7 Å². The summed E-state index contributed by atoms with van der Waals surface area (Å²) in [6, 6.07) is 20.2. The van der Waals surface area contributed by atoms with E-state index in [0.717, 1.165) is 23.2 Å². The van der Waals surface area contributed by atoms with Gasteiger partial charge in [-0.2, -0.15) is 0 Å². The van der Waals surface area contributed by atoms with Gasteiger partial charge in [0.1, 0.15) is 0 Å². The Morgan fingerprint density at radius 3 is 1.96 bits per heavy atom. The summed E-state index contributed by atoms with van der Waals surface area (Å²) in [6.45, 7) is 4.78. The fraction of sp³-hybridized carbons (Fsp3) is 0.429. The van der Waals surface area contributed by atoms with Gasteiger partial charge in [0, 0.05) is 6.42 Å². The fourth-order valence-electron chi connectivity index (χ4n) is 3.90. The zero-order chi connectivity index (χ0) is 17.9. The molecular weight excluding hydrogens is 328 g/mol. The second kappa shape index (κ2) is 7.42. The first-order valence-corrected chi connectivity index (χ1v) is 11.0. The Kier molecular flexibility index (Phi) is 5.44. The van der Waals surface area contributed by atoms with E-state index in [4.69, 9.17) is 4.74 Å². The maximum absolute atomic E-state index is 12.1. The van der Waals surface area contributed by atoms with Crippen LogP contribution in [0.1, 0.15) is 33.1 Å². The lowest BCUT2D eigenvalue weighted by Gasteiger charge is -2.41. The fourth-order valence-corrected chi connectivity index (χ4v) is 7.65. The molecule has 25 heavy (non-hydrogen) atoms. The van der Waals surface area contributed by atoms with E-state index in [1.807, 2.05) is 36.4 Å². The summed E-state index contributed by atoms with van der Waals surface area (Å²) >= 11 is 0. The van der Waals surface area contributed by atoms with Crippen molar-refractivity contribution in [2.24, 2.45) is 0 Å². The summed E-state index contributed by atoms with van der Waals surface area (Å²) in [4.78, 5) is 12.1. The molecule has 2 atom stereocenters. The van der Waals surface area contributed by atoms with E-state index >= 15 is 0 Å². The summed E-state index contributed by atoms with van der Waals surface area (Å²) < 4.78 is 5.67. The minimum atomic E-state index is -2.94. The van der Waals surface area contributed by atoms with Gasteiger partial charge in [-0.25, -0.2) is 0 Å². The number of aliphatic hydroxyl groups excluding tert-OH is 1. The van der Waals surface area contributed by atoms with E-state index in [1.54, 1.807) is 0 Å². The highest BCUT2D eigenvalue weighted by Crippen LogP contribution is 2.41. The predicted molar refractivity (Wildman–Crippen MR) is 104 cm³/mol. The Morgan fingerprint density at radius 1 is 1.00 bits per heavy atom. The number of hydrogen-bond donors (Lipinski definition) is 2. The summed E-state index contributed by atoms with van der Waals surface area (Å²) in [5, 5.41) is 11.5. The Labute approximate surface area is 151 Å². The van der Waals surface area contributed by atoms with Gasteiger partial charge in [-0.1, -0.05) is 74.5 Å². The molecule has 1 saturated heterocycles. The lowest BCUT2D eigenvalue weighted by atomic mass is 10.0. The second-order valence-electron chi connectivity index (χ2n) is 7.71. The molecule has 0 aliphatic carbocycles. The maximum atomic E-state index is 12.1. The van der Waals surface area contributed by atoms with Crippen LogP contribution in [0.2, 0.25) is 5.04 Å². The third kappa shape index (κ3) is 3.72. The molecule has 2 aromatic carbocycles. The molecular formula is C21H28O3Si. The van der Waals surface area contributed by atoms with Gasteiger partial charge in [-0.3, -0.25) is 0 Å². The minimum Gasteiger partial charge on any atom is -0.424 e. The molecule has 3 rings (SSSR count). The van der Waals surface area contributed by atoms with E-state index in [1.165, 1.54) is 0 Å². The Balaban J connectivity index is 1.90. The van der Waals surface area contributed by atoms with E-state index < -0.39 is 8.32 Å². The van der Waals surface area contributed by atoms with Gasteiger partial charge in [-0.15, -0.1) is 0 Å². The molecule has 1 aliphatic heterocycles. The van der Waals surface area contributed by atoms with Gasteiger partial charge >= 0.3 is 0 Å². The molecule has 0 radical (unpaired) electrons. The maximum Gasteiger partial charge on any atom is 0.258 e. The quantitative estimate of drug-likeness (QED) is 0.782. The SMILES string of the molecule is CC(C)(CC[C@@H]1C[C@H](O)CO1)[Si](O)(c1ccccc1)c1ccccc1. The molecule has 1 aliphatic rings. The zero-order valence-corrected chi connectivity index (χ0v) is 16.1. The van der Waals surface area contributed by atoms with Crippen molar-refractivity contribution in [1.82, 2.24) is 0 Å². The minimum absolute atomic E-state index is 0.0964. The molecule has 1 heterocycles. The van der Waals surface area contributed by atoms with E-state index in [9.17, 15) is 9.90 Å². The van der Waals surface area contributed by atoms with E-state index in [2.05, 4.69) is 38.1 Å². The monoisotopic (exact) mass is 356 g/mol. The smallest absolute Gasteiger partial charge is 0.258 e. The van der Waals surface area contributed by atoms with E-state index in [0.29, 0.717) is 13.0 Å². The standard InChI is InChI=1S/C21H28O3Si/c1-21(2,14-13-18-15-17(22)16-24-18)25(23,19-9-5-3-6-10-19)20-11-7-4-8-12-20/h3-12,17-18,22-23H,13-16H2,1-2H3/t17-,18+/m0/s1. The summed E-state index contributed by atoms with van der Waals surface area (Å²) in [5.74, 6) is 0. The molecule has 0 amide bonds. The highest BCUT2D eigenvalue weighted by Gasteiger charge is 2.49. The molecule has 0 unspecified atom stereocenters. The molecule has 1 fully saturated rings. The molecule has 0 bridgehead atoms. The van der Waals surface area contributed by atoms with Crippen LogP contribution in [0.15, 0.2) is 60.7 Å². The molecule has 2 aromatic rings. The molecule has 0 aromatic heterocycles. The molecule has 0 saturated carbocycles. The van der Waals surface area contributed by atoms with Crippen LogP contribution in [0.25, 0.3) is 0 Å². The molecule has 3 nitrogen and oxygen atoms in total. The largest absolute Gasteiger partial charge is 0.424 e. The van der Waals surface area contributed by atoms with Gasteiger partial charge in [0.15, 0.2) is 0 Å². The first-order valence-electron chi connectivity index (χ1n) is 9.06. The van der Waals surface area contributed by atoms with Crippen molar-refractivity contribution in [3.05, 3.63) is 60.7 Å². The lowest BCUT2D eigenvalue weighted by Crippen LogP contribution is -2.65. The van der Waals surface area contributed by atoms with Crippen LogP contribution in [0.4, 0.5) is 0 Å². The van der Waals surface area contributed by atoms with Crippen molar-refractivity contribution in [2.45, 2.75) is 50.4 Å². The molecule has 4 heteroatoms. The average Bonchev–Trinajstić information content (AvgIpc) is 3.06. The van der Waals surface area contributed by atoms with Crippen LogP contribution in [0.5, 0.6) is 0 Å². The Morgan fingerprint density at radius 2 is 1.52 bits per heavy atom. The highest BCUT2D eigenvalue weighted by atomic mass is 28.4. The summed E-state index contributed by atoms with van der Waals surface area (Å²) in [7, 11) is -2.94. The van der Waals surface area contributed by atoms with Gasteiger partial charge in [0.25, 0.3) is 8.32 Å². The van der Waals surface area contributed by atoms with Crippen molar-refractivity contribution in [2.75, 3.05) is 6.61 Å². The van der Waals surface area contributed by atoms with Crippen molar-refractivity contribution < 1.29 is 14.6 Å². The third-order valence-electron chi connectivity index (χ3n) is 5.51. The molecule has 134 valence electrons. The third-order valence-corrected chi connectivity index (χ3v) is 10.1. The second-order valence-corrected chi connectivity index (χ2v) is 11.6. The van der Waals surface area contributed by atoms with Crippen molar-refractivity contribution in [3.8, 4) is 0 Å². The Bertz CT molecular complexity index is 633. The highest BCUT2D eigenvalue weighted by molar-refractivity contribution is 6.98. The number of hydrogen-bond acceptors (Lipinski definition) is 3. The van der Waals surface area contributed by atoms with Crippen LogP contribution in [0, 0.1) is 0 Å². The van der Waals surface area contributed by atoms with Gasteiger partial charge in [0.2, 0.25) is 0 Å². The van der Waals surface area contributed by atoms with E-state index in [-0.39, 0.29) is 17.2 Å². The number of benzene rings is 2. The van der Waals surface area contributed by atoms with Crippen molar-refractivity contribution in [1.29, 1.82) is 0 Å². The van der Waals surface area contributed by atoms with Gasteiger partial charge < -0.3 is 14.6 Å². The summed E-state index contributed by atoms with van der Waals surface area (Å²) in [6.07, 6.45) is 2.18. The first kappa shape index (κ1) is 18.3. The predicted octanol–water partition coefficient (Wildman–Crippen LogP) is 2.45. The van der Waals surface area contributed by atoms with Crippen LogP contribution in [0.3, 0.4) is 0 Å². The van der Waals surface area contributed by atoms with Crippen LogP contribution in [-0.2, 0) is 4.74 Å². The number of aliphatic hydroxyl groups is 1. The molecule has 0 spiro atoms. The Hall–Kier alpha value is -1.46. The summed E-state index contributed by atoms with van der Waals surface area (Å²) in [5.41, 5.74) is 0. The lowest BCUT2D eigenvalue weighted by molar-refractivity contribution is 0.0814. The van der Waals surface area contributed by atoms with Gasteiger partial charge in [-0.05, 0) is 28.3 Å². The topological polar surface area (TPSA) is 49.7 Å². The first-order chi connectivity index (χ1) is 11.9. The normalized spacial score (nSPS) is 21.4. The van der Waals surface area contributed by atoms with Crippen molar-refractivity contribution in [3.63, 3.8) is 0 Å². The number of rotatable bonds is 6. The zero-order valence-electron chi connectivity index (χ0n) is 15.1. The molecule has 2 N–H and O–H groups in total. The average molecular weight is 357 g/mol. The van der Waals surface area contributed by atoms with Gasteiger partial charge in [0.05, 0.1) is 18.8 Å². The van der Waals surface area contributed by atoms with Crippen LogP contribution < -0.4 is 10.4 Å². The van der Waals surface area contributed by atoms with Crippen LogP contribution in [-0.4, -0.2) is 37.0 Å².